The van der Waals surface area contributed by atoms with E-state index >= 15 is 0 Å². The van der Waals surface area contributed by atoms with E-state index < -0.39 is 0 Å². The minimum absolute atomic E-state index is 0.0599. The summed E-state index contributed by atoms with van der Waals surface area (Å²) in [5.74, 6) is 1.29. The quantitative estimate of drug-likeness (QED) is 0.711. The summed E-state index contributed by atoms with van der Waals surface area (Å²) in [6.07, 6.45) is 2.08. The van der Waals surface area contributed by atoms with Crippen LogP contribution in [0.2, 0.25) is 0 Å². The molecule has 4 rings (SSSR count). The van der Waals surface area contributed by atoms with Crippen LogP contribution < -0.4 is 9.47 Å². The zero-order chi connectivity index (χ0) is 19.7. The SMILES string of the molecule is Cc1ccc2c(c1)OCCC2CC(=O)C(=O)CC1CCOc2ccc(C)cc21. The Balaban J connectivity index is 1.45. The highest BCUT2D eigenvalue weighted by atomic mass is 16.5. The van der Waals surface area contributed by atoms with Gasteiger partial charge in [0.1, 0.15) is 11.5 Å². The number of carbonyl (C=O) groups is 2. The van der Waals surface area contributed by atoms with Gasteiger partial charge in [0.2, 0.25) is 0 Å². The summed E-state index contributed by atoms with van der Waals surface area (Å²) in [5, 5.41) is 0. The van der Waals surface area contributed by atoms with Crippen molar-refractivity contribution in [3.63, 3.8) is 0 Å². The second-order valence-electron chi connectivity index (χ2n) is 8.01. The van der Waals surface area contributed by atoms with E-state index in [1.807, 2.05) is 44.2 Å². The van der Waals surface area contributed by atoms with Gasteiger partial charge in [0, 0.05) is 12.8 Å². The molecule has 2 aromatic carbocycles. The van der Waals surface area contributed by atoms with Gasteiger partial charge in [0.25, 0.3) is 0 Å². The number of Topliss-reactive ketones (excluding diaryl/α,β-unsaturated/α-hetero) is 2. The Kier molecular flexibility index (Phi) is 5.21. The summed E-state index contributed by atoms with van der Waals surface area (Å²) in [6.45, 7) is 5.24. The number of carbonyl (C=O) groups excluding carboxylic acids is 2. The number of hydrogen-bond acceptors (Lipinski definition) is 4. The van der Waals surface area contributed by atoms with E-state index in [0.717, 1.165) is 46.6 Å². The minimum atomic E-state index is -0.265. The zero-order valence-corrected chi connectivity index (χ0v) is 16.5. The Morgan fingerprint density at radius 1 is 0.786 bits per heavy atom. The summed E-state index contributed by atoms with van der Waals surface area (Å²) >= 11 is 0. The highest BCUT2D eigenvalue weighted by Crippen LogP contribution is 2.38. The van der Waals surface area contributed by atoms with Gasteiger partial charge in [-0.3, -0.25) is 9.59 Å². The third kappa shape index (κ3) is 3.82. The molecule has 2 aliphatic rings. The molecule has 0 spiro atoms. The topological polar surface area (TPSA) is 52.6 Å². The molecular weight excluding hydrogens is 352 g/mol. The van der Waals surface area contributed by atoms with Crippen molar-refractivity contribution in [1.29, 1.82) is 0 Å². The maximum Gasteiger partial charge on any atom is 0.199 e. The third-order valence-corrected chi connectivity index (χ3v) is 5.84. The monoisotopic (exact) mass is 378 g/mol. The first-order valence-electron chi connectivity index (χ1n) is 10.0. The lowest BCUT2D eigenvalue weighted by molar-refractivity contribution is -0.137. The van der Waals surface area contributed by atoms with Gasteiger partial charge in [0.15, 0.2) is 11.6 Å². The van der Waals surface area contributed by atoms with Crippen LogP contribution in [0.15, 0.2) is 36.4 Å². The van der Waals surface area contributed by atoms with Crippen LogP contribution in [-0.4, -0.2) is 24.8 Å². The average Bonchev–Trinajstić information content (AvgIpc) is 2.68. The molecule has 2 atom stereocenters. The molecule has 0 aromatic heterocycles. The lowest BCUT2D eigenvalue weighted by Crippen LogP contribution is -2.24. The maximum atomic E-state index is 12.7. The Labute approximate surface area is 165 Å². The van der Waals surface area contributed by atoms with Crippen LogP contribution in [0.4, 0.5) is 0 Å². The smallest absolute Gasteiger partial charge is 0.199 e. The molecule has 2 unspecified atom stereocenters. The summed E-state index contributed by atoms with van der Waals surface area (Å²) < 4.78 is 11.4. The van der Waals surface area contributed by atoms with Crippen LogP contribution in [-0.2, 0) is 9.59 Å². The van der Waals surface area contributed by atoms with Crippen molar-refractivity contribution in [2.45, 2.75) is 51.4 Å². The number of ketones is 2. The predicted molar refractivity (Wildman–Crippen MR) is 107 cm³/mol. The molecule has 2 aliphatic heterocycles. The first-order valence-corrected chi connectivity index (χ1v) is 10.0. The normalized spacial score (nSPS) is 20.4. The van der Waals surface area contributed by atoms with E-state index in [1.165, 1.54) is 0 Å². The fourth-order valence-corrected chi connectivity index (χ4v) is 4.25. The Hall–Kier alpha value is -2.62. The Morgan fingerprint density at radius 2 is 1.36 bits per heavy atom. The molecule has 28 heavy (non-hydrogen) atoms. The maximum absolute atomic E-state index is 12.7. The van der Waals surface area contributed by atoms with Gasteiger partial charge in [-0.2, -0.15) is 0 Å². The highest BCUT2D eigenvalue weighted by molar-refractivity contribution is 6.37. The molecule has 2 heterocycles. The fraction of sp³-hybridized carbons (Fsp3) is 0.417. The van der Waals surface area contributed by atoms with Crippen LogP contribution in [0.1, 0.15) is 59.8 Å². The number of aryl methyl sites for hydroxylation is 2. The summed E-state index contributed by atoms with van der Waals surface area (Å²) in [7, 11) is 0. The molecule has 0 amide bonds. The molecule has 0 radical (unpaired) electrons. The molecule has 0 saturated heterocycles. The van der Waals surface area contributed by atoms with Crippen LogP contribution in [0.3, 0.4) is 0 Å². The van der Waals surface area contributed by atoms with Gasteiger partial charge < -0.3 is 9.47 Å². The lowest BCUT2D eigenvalue weighted by atomic mass is 9.84. The van der Waals surface area contributed by atoms with Gasteiger partial charge >= 0.3 is 0 Å². The molecule has 0 fully saturated rings. The van der Waals surface area contributed by atoms with Crippen LogP contribution >= 0.6 is 0 Å². The van der Waals surface area contributed by atoms with E-state index in [-0.39, 0.29) is 36.2 Å². The fourth-order valence-electron chi connectivity index (χ4n) is 4.25. The second-order valence-corrected chi connectivity index (χ2v) is 8.01. The number of benzene rings is 2. The van der Waals surface area contributed by atoms with Crippen LogP contribution in [0, 0.1) is 13.8 Å². The average molecular weight is 378 g/mol. The zero-order valence-electron chi connectivity index (χ0n) is 16.5. The van der Waals surface area contributed by atoms with Gasteiger partial charge in [0.05, 0.1) is 13.2 Å². The van der Waals surface area contributed by atoms with E-state index in [4.69, 9.17) is 9.47 Å². The molecule has 2 aromatic rings. The standard InChI is InChI=1S/C24H26O4/c1-15-4-6-23-20(11-15)18(8-9-27-23)14-22(26)21(25)13-17-7-10-28-24-12-16(2)3-5-19(17)24/h3-6,11-12,17-18H,7-10,13-14H2,1-2H3. The van der Waals surface area contributed by atoms with E-state index in [2.05, 4.69) is 6.07 Å². The number of ether oxygens (including phenoxy) is 2. The van der Waals surface area contributed by atoms with E-state index in [0.29, 0.717) is 13.2 Å². The predicted octanol–water partition coefficient (Wildman–Crippen LogP) is 4.65. The molecule has 4 nitrogen and oxygen atoms in total. The highest BCUT2D eigenvalue weighted by Gasteiger charge is 2.30. The van der Waals surface area contributed by atoms with Gasteiger partial charge in [-0.25, -0.2) is 0 Å². The molecule has 0 aliphatic carbocycles. The van der Waals surface area contributed by atoms with Gasteiger partial charge in [-0.1, -0.05) is 29.8 Å². The summed E-state index contributed by atoms with van der Waals surface area (Å²) in [4.78, 5) is 25.4. The molecule has 146 valence electrons. The van der Waals surface area contributed by atoms with Gasteiger partial charge in [-0.05, 0) is 67.3 Å². The minimum Gasteiger partial charge on any atom is -0.493 e. The van der Waals surface area contributed by atoms with Crippen molar-refractivity contribution >= 4 is 11.6 Å². The molecule has 4 heteroatoms. The third-order valence-electron chi connectivity index (χ3n) is 5.84. The second kappa shape index (κ2) is 7.78. The van der Waals surface area contributed by atoms with E-state index in [1.54, 1.807) is 0 Å². The van der Waals surface area contributed by atoms with E-state index in [9.17, 15) is 9.59 Å². The molecule has 0 saturated carbocycles. The lowest BCUT2D eigenvalue weighted by Gasteiger charge is -2.27. The van der Waals surface area contributed by atoms with Crippen LogP contribution in [0.5, 0.6) is 11.5 Å². The van der Waals surface area contributed by atoms with Crippen molar-refractivity contribution in [3.8, 4) is 11.5 Å². The number of rotatable bonds is 5. The Bertz CT molecular complexity index is 915. The van der Waals surface area contributed by atoms with Crippen molar-refractivity contribution < 1.29 is 19.1 Å². The van der Waals surface area contributed by atoms with Crippen molar-refractivity contribution in [2.24, 2.45) is 0 Å². The van der Waals surface area contributed by atoms with Crippen molar-refractivity contribution in [3.05, 3.63) is 58.7 Å². The first-order chi connectivity index (χ1) is 13.5. The number of hydrogen-bond donors (Lipinski definition) is 0. The van der Waals surface area contributed by atoms with Crippen molar-refractivity contribution in [2.75, 3.05) is 13.2 Å². The van der Waals surface area contributed by atoms with Crippen molar-refractivity contribution in [1.82, 2.24) is 0 Å². The summed E-state index contributed by atoms with van der Waals surface area (Å²) in [6, 6.07) is 12.1. The largest absolute Gasteiger partial charge is 0.493 e. The molecular formula is C24H26O4. The summed E-state index contributed by atoms with van der Waals surface area (Å²) in [5.41, 5.74) is 4.38. The van der Waals surface area contributed by atoms with Crippen LogP contribution in [0.25, 0.3) is 0 Å². The van der Waals surface area contributed by atoms with Gasteiger partial charge in [-0.15, -0.1) is 0 Å². The first kappa shape index (κ1) is 18.7. The molecule has 0 bridgehead atoms. The Morgan fingerprint density at radius 3 is 2.07 bits per heavy atom. The number of fused-ring (bicyclic) bond motifs is 2. The molecule has 0 N–H and O–H groups in total.